The maximum Gasteiger partial charge on any atom is 0.344 e. The molecule has 0 saturated heterocycles. The molecular formula is C10H14O6. The average molecular weight is 230 g/mol. The summed E-state index contributed by atoms with van der Waals surface area (Å²) < 4.78 is 13.5. The minimum Gasteiger partial charge on any atom is -0.500 e. The summed E-state index contributed by atoms with van der Waals surface area (Å²) in [7, 11) is 2.28. The Morgan fingerprint density at radius 2 is 1.75 bits per heavy atom. The van der Waals surface area contributed by atoms with Gasteiger partial charge in [0.15, 0.2) is 5.78 Å². The third-order valence-electron chi connectivity index (χ3n) is 1.61. The van der Waals surface area contributed by atoms with Gasteiger partial charge in [0.25, 0.3) is 0 Å². The Labute approximate surface area is 93.2 Å². The lowest BCUT2D eigenvalue weighted by Gasteiger charge is -2.04. The van der Waals surface area contributed by atoms with Crippen LogP contribution < -0.4 is 0 Å². The zero-order valence-corrected chi connectivity index (χ0v) is 9.44. The van der Waals surface area contributed by atoms with E-state index in [1.54, 1.807) is 6.92 Å². The Kier molecular flexibility index (Phi) is 6.58. The molecule has 0 atom stereocenters. The van der Waals surface area contributed by atoms with Crippen LogP contribution >= 0.6 is 0 Å². The number of ether oxygens (including phenoxy) is 3. The van der Waals surface area contributed by atoms with Gasteiger partial charge in [-0.3, -0.25) is 9.59 Å². The minimum atomic E-state index is -0.845. The third-order valence-corrected chi connectivity index (χ3v) is 1.61. The van der Waals surface area contributed by atoms with Crippen LogP contribution in [0.4, 0.5) is 0 Å². The van der Waals surface area contributed by atoms with Gasteiger partial charge in [0.05, 0.1) is 20.8 Å². The summed E-state index contributed by atoms with van der Waals surface area (Å²) in [6, 6.07) is 0. The zero-order chi connectivity index (χ0) is 12.6. The smallest absolute Gasteiger partial charge is 0.344 e. The number of hydrogen-bond donors (Lipinski definition) is 0. The van der Waals surface area contributed by atoms with Crippen molar-refractivity contribution < 1.29 is 28.6 Å². The van der Waals surface area contributed by atoms with Crippen LogP contribution in [0.3, 0.4) is 0 Å². The molecule has 0 heterocycles. The first-order valence-corrected chi connectivity index (χ1v) is 4.56. The molecule has 0 aliphatic rings. The second-order valence-electron chi connectivity index (χ2n) is 2.65. The predicted octanol–water partition coefficient (Wildman–Crippen LogP) is 0.212. The van der Waals surface area contributed by atoms with Gasteiger partial charge in [-0.2, -0.15) is 0 Å². The van der Waals surface area contributed by atoms with E-state index in [1.165, 1.54) is 0 Å². The average Bonchev–Trinajstić information content (AvgIpc) is 2.28. The highest BCUT2D eigenvalue weighted by Gasteiger charge is 2.22. The molecular weight excluding hydrogens is 216 g/mol. The summed E-state index contributed by atoms with van der Waals surface area (Å²) in [6.45, 7) is 1.99. The highest BCUT2D eigenvalue weighted by Crippen LogP contribution is 2.04. The van der Waals surface area contributed by atoms with Crippen LogP contribution in [0.5, 0.6) is 0 Å². The first-order valence-electron chi connectivity index (χ1n) is 4.56. The molecule has 6 heteroatoms. The lowest BCUT2D eigenvalue weighted by molar-refractivity contribution is -0.143. The van der Waals surface area contributed by atoms with Crippen LogP contribution in [0.2, 0.25) is 0 Å². The highest BCUT2D eigenvalue weighted by atomic mass is 16.5. The molecule has 0 bridgehead atoms. The first-order chi connectivity index (χ1) is 7.56. The van der Waals surface area contributed by atoms with Gasteiger partial charge in [0.1, 0.15) is 18.3 Å². The van der Waals surface area contributed by atoms with Crippen molar-refractivity contribution in [3.8, 4) is 0 Å². The monoisotopic (exact) mass is 230 g/mol. The second-order valence-corrected chi connectivity index (χ2v) is 2.65. The number of carbonyl (C=O) groups is 3. The van der Waals surface area contributed by atoms with E-state index < -0.39 is 24.1 Å². The molecule has 0 aromatic carbocycles. The summed E-state index contributed by atoms with van der Waals surface area (Å²) in [5.74, 6) is -2.27. The third kappa shape index (κ3) is 4.59. The Morgan fingerprint density at radius 1 is 1.12 bits per heavy atom. The molecule has 0 fully saturated rings. The van der Waals surface area contributed by atoms with Gasteiger partial charge >= 0.3 is 11.9 Å². The quantitative estimate of drug-likeness (QED) is 0.213. The van der Waals surface area contributed by atoms with E-state index in [0.29, 0.717) is 6.61 Å². The van der Waals surface area contributed by atoms with Gasteiger partial charge in [-0.15, -0.1) is 0 Å². The largest absolute Gasteiger partial charge is 0.500 e. The minimum absolute atomic E-state index is 0.298. The van der Waals surface area contributed by atoms with E-state index in [4.69, 9.17) is 4.74 Å². The maximum atomic E-state index is 11.5. The molecule has 6 nitrogen and oxygen atoms in total. The number of ketones is 1. The Morgan fingerprint density at radius 3 is 2.19 bits per heavy atom. The van der Waals surface area contributed by atoms with E-state index in [1.807, 2.05) is 0 Å². The molecule has 0 saturated carbocycles. The molecule has 90 valence electrons. The van der Waals surface area contributed by atoms with Crippen molar-refractivity contribution in [3.63, 3.8) is 0 Å². The van der Waals surface area contributed by atoms with Crippen LogP contribution in [-0.2, 0) is 28.6 Å². The van der Waals surface area contributed by atoms with Gasteiger partial charge < -0.3 is 14.2 Å². The molecule has 0 rings (SSSR count). The summed E-state index contributed by atoms with van der Waals surface area (Å²) in [6.07, 6.45) is 0.460. The topological polar surface area (TPSA) is 78.9 Å². The SMILES string of the molecule is CCO/C=C(/C(=O)CC(=O)OC)C(=O)OC. The number of Topliss-reactive ketones (excluding diaryl/α,β-unsaturated/α-hetero) is 1. The van der Waals surface area contributed by atoms with Crippen molar-refractivity contribution >= 4 is 17.7 Å². The lowest BCUT2D eigenvalue weighted by Crippen LogP contribution is -2.18. The number of methoxy groups -OCH3 is 2. The first kappa shape index (κ1) is 14.2. The van der Waals surface area contributed by atoms with Crippen molar-refractivity contribution in [2.45, 2.75) is 13.3 Å². The van der Waals surface area contributed by atoms with Gasteiger partial charge in [-0.25, -0.2) is 4.79 Å². The fraction of sp³-hybridized carbons (Fsp3) is 0.500. The van der Waals surface area contributed by atoms with Gasteiger partial charge in [-0.05, 0) is 6.92 Å². The summed E-state index contributed by atoms with van der Waals surface area (Å²) in [5, 5.41) is 0. The summed E-state index contributed by atoms with van der Waals surface area (Å²) in [5.41, 5.74) is -0.310. The molecule has 0 aliphatic heterocycles. The maximum absolute atomic E-state index is 11.5. The summed E-state index contributed by atoms with van der Waals surface area (Å²) >= 11 is 0. The van der Waals surface area contributed by atoms with Crippen LogP contribution in [0.1, 0.15) is 13.3 Å². The Hall–Kier alpha value is -1.85. The van der Waals surface area contributed by atoms with Crippen molar-refractivity contribution in [3.05, 3.63) is 11.8 Å². The number of carbonyl (C=O) groups excluding carboxylic acids is 3. The lowest BCUT2D eigenvalue weighted by atomic mass is 10.1. The molecule has 0 N–H and O–H groups in total. The van der Waals surface area contributed by atoms with Crippen LogP contribution in [0, 0.1) is 0 Å². The zero-order valence-electron chi connectivity index (χ0n) is 9.44. The highest BCUT2D eigenvalue weighted by molar-refractivity contribution is 6.20. The van der Waals surface area contributed by atoms with E-state index >= 15 is 0 Å². The van der Waals surface area contributed by atoms with Crippen LogP contribution in [0.15, 0.2) is 11.8 Å². The molecule has 0 radical (unpaired) electrons. The van der Waals surface area contributed by atoms with Crippen molar-refractivity contribution in [1.29, 1.82) is 0 Å². The van der Waals surface area contributed by atoms with Crippen LogP contribution in [-0.4, -0.2) is 38.5 Å². The van der Waals surface area contributed by atoms with Crippen molar-refractivity contribution in [1.82, 2.24) is 0 Å². The molecule has 16 heavy (non-hydrogen) atoms. The number of esters is 2. The molecule has 0 unspecified atom stereocenters. The van der Waals surface area contributed by atoms with E-state index in [0.717, 1.165) is 20.5 Å². The van der Waals surface area contributed by atoms with Gasteiger partial charge in [-0.1, -0.05) is 0 Å². The molecule has 0 aliphatic carbocycles. The van der Waals surface area contributed by atoms with Crippen molar-refractivity contribution in [2.24, 2.45) is 0 Å². The fourth-order valence-electron chi connectivity index (χ4n) is 0.803. The molecule has 0 spiro atoms. The van der Waals surface area contributed by atoms with E-state index in [9.17, 15) is 14.4 Å². The fourth-order valence-corrected chi connectivity index (χ4v) is 0.803. The predicted molar refractivity (Wildman–Crippen MR) is 53.4 cm³/mol. The Bertz CT molecular complexity index is 304. The van der Waals surface area contributed by atoms with E-state index in [-0.39, 0.29) is 5.57 Å². The van der Waals surface area contributed by atoms with E-state index in [2.05, 4.69) is 9.47 Å². The standard InChI is InChI=1S/C10H14O6/c1-4-16-6-7(10(13)15-3)8(11)5-9(12)14-2/h6H,4-5H2,1-3H3/b7-6-. The second kappa shape index (κ2) is 7.44. The van der Waals surface area contributed by atoms with Gasteiger partial charge in [0.2, 0.25) is 0 Å². The van der Waals surface area contributed by atoms with Gasteiger partial charge in [0, 0.05) is 0 Å². The molecule has 0 aromatic rings. The number of hydrogen-bond acceptors (Lipinski definition) is 6. The summed E-state index contributed by atoms with van der Waals surface area (Å²) in [4.78, 5) is 33.5. The number of rotatable bonds is 6. The molecule has 0 aromatic heterocycles. The Balaban J connectivity index is 4.70. The van der Waals surface area contributed by atoms with Crippen LogP contribution in [0.25, 0.3) is 0 Å². The molecule has 0 amide bonds. The normalized spacial score (nSPS) is 10.6. The van der Waals surface area contributed by atoms with Crippen molar-refractivity contribution in [2.75, 3.05) is 20.8 Å².